The first-order valence-corrected chi connectivity index (χ1v) is 11.2. The Kier molecular flexibility index (Phi) is 5.26. The molecule has 2 fully saturated rings. The van der Waals surface area contributed by atoms with Gasteiger partial charge in [0.15, 0.2) is 0 Å². The summed E-state index contributed by atoms with van der Waals surface area (Å²) in [5, 5.41) is 4.01. The third-order valence-electron chi connectivity index (χ3n) is 8.77. The van der Waals surface area contributed by atoms with Gasteiger partial charge in [0, 0.05) is 23.9 Å². The third-order valence-corrected chi connectivity index (χ3v) is 8.77. The van der Waals surface area contributed by atoms with Gasteiger partial charge in [-0.05, 0) is 95.8 Å². The van der Waals surface area contributed by atoms with E-state index in [1.54, 1.807) is 0 Å². The molecule has 4 rings (SSSR count). The van der Waals surface area contributed by atoms with Crippen LogP contribution in [0.25, 0.3) is 16.0 Å². The highest BCUT2D eigenvalue weighted by molar-refractivity contribution is 5.72. The summed E-state index contributed by atoms with van der Waals surface area (Å²) in [4.78, 5) is 7.46. The molecule has 0 aliphatic heterocycles. The molecule has 6 atom stereocenters. The summed E-state index contributed by atoms with van der Waals surface area (Å²) in [6.07, 6.45) is 15.2. The third kappa shape index (κ3) is 2.97. The molecule has 2 saturated carbocycles. The molecule has 28 heavy (non-hydrogen) atoms. The number of fused-ring (bicyclic) bond motifs is 3. The predicted molar refractivity (Wildman–Crippen MR) is 114 cm³/mol. The van der Waals surface area contributed by atoms with Crippen molar-refractivity contribution in [2.45, 2.75) is 65.7 Å². The van der Waals surface area contributed by atoms with Crippen LogP contribution in [0, 0.1) is 34.5 Å². The van der Waals surface area contributed by atoms with Gasteiger partial charge in [-0.3, -0.25) is 4.98 Å². The zero-order valence-corrected chi connectivity index (χ0v) is 17.6. The topological polar surface area (TPSA) is 61.7 Å². The second kappa shape index (κ2) is 7.55. The number of aromatic nitrogens is 1. The lowest BCUT2D eigenvalue weighted by Crippen LogP contribution is -2.52. The molecule has 0 unspecified atom stereocenters. The zero-order chi connectivity index (χ0) is 19.8. The van der Waals surface area contributed by atoms with Crippen molar-refractivity contribution < 1.29 is 0 Å². The number of hydrogen-bond acceptors (Lipinski definition) is 2. The largest absolute Gasteiger partial charge is 0.264 e. The van der Waals surface area contributed by atoms with Crippen LogP contribution >= 0.6 is 0 Å². The van der Waals surface area contributed by atoms with Crippen LogP contribution in [-0.2, 0) is 0 Å². The average Bonchev–Trinajstić information content (AvgIpc) is 3.05. The molecule has 1 heterocycles. The number of allylic oxidation sites excluding steroid dienone is 2. The van der Waals surface area contributed by atoms with E-state index >= 15 is 0 Å². The monoisotopic (exact) mass is 378 g/mol. The molecule has 0 radical (unpaired) electrons. The summed E-state index contributed by atoms with van der Waals surface area (Å²) >= 11 is 0. The van der Waals surface area contributed by atoms with Crippen molar-refractivity contribution in [3.8, 4) is 0 Å². The number of rotatable bonds is 5. The summed E-state index contributed by atoms with van der Waals surface area (Å²) < 4.78 is 0. The van der Waals surface area contributed by atoms with E-state index < -0.39 is 0 Å². The number of azide groups is 1. The van der Waals surface area contributed by atoms with Gasteiger partial charge in [0.1, 0.15) is 0 Å². The van der Waals surface area contributed by atoms with E-state index in [9.17, 15) is 0 Å². The molecular weight excluding hydrogens is 344 g/mol. The van der Waals surface area contributed by atoms with Gasteiger partial charge >= 0.3 is 0 Å². The van der Waals surface area contributed by atoms with Crippen LogP contribution in [0.15, 0.2) is 35.7 Å². The molecule has 4 nitrogen and oxygen atoms in total. The number of hydrogen-bond donors (Lipinski definition) is 0. The molecule has 0 spiro atoms. The SMILES string of the molecule is CCC[C@@]1(C)[C@H](CN=[N+]=[N-])CC[C@@H]2[C@@H]1CC[C@]1(C)C(c3cccnc3)=CC[C@@H]21. The first-order valence-electron chi connectivity index (χ1n) is 11.2. The van der Waals surface area contributed by atoms with E-state index in [0.717, 1.165) is 17.8 Å². The Bertz CT molecular complexity index is 781. The lowest BCUT2D eigenvalue weighted by molar-refractivity contribution is -0.0796. The van der Waals surface area contributed by atoms with Crippen LogP contribution < -0.4 is 0 Å². The van der Waals surface area contributed by atoms with Gasteiger partial charge in [-0.25, -0.2) is 0 Å². The molecule has 0 amide bonds. The standard InChI is InChI=1S/C24H34N4/c1-4-12-23(2)18(16-27-28-25)7-8-19-21-10-9-20(17-6-5-14-26-15-17)24(21,3)13-11-22(19)23/h5-6,9,14-15,18-19,21-22H,4,7-8,10-13,16H2,1-3H3/t18-,19-,21-,22-,23-,24+/m0/s1. The van der Waals surface area contributed by atoms with Crippen LogP contribution in [0.5, 0.6) is 0 Å². The van der Waals surface area contributed by atoms with Crippen LogP contribution in [0.2, 0.25) is 0 Å². The molecule has 0 N–H and O–H groups in total. The zero-order valence-electron chi connectivity index (χ0n) is 17.6. The normalized spacial score (nSPS) is 39.5. The smallest absolute Gasteiger partial charge is 0.0343 e. The highest BCUT2D eigenvalue weighted by Crippen LogP contribution is 2.66. The average molecular weight is 379 g/mol. The highest BCUT2D eigenvalue weighted by atomic mass is 15.1. The molecule has 0 bridgehead atoms. The fraction of sp³-hybridized carbons (Fsp3) is 0.708. The Labute approximate surface area is 169 Å². The van der Waals surface area contributed by atoms with Gasteiger partial charge in [0.05, 0.1) is 0 Å². The molecule has 3 aliphatic carbocycles. The maximum atomic E-state index is 8.87. The quantitative estimate of drug-likeness (QED) is 0.308. The molecular formula is C24H34N4. The molecule has 0 saturated heterocycles. The summed E-state index contributed by atoms with van der Waals surface area (Å²) in [5.41, 5.74) is 12.3. The lowest BCUT2D eigenvalue weighted by atomic mass is 9.46. The van der Waals surface area contributed by atoms with Gasteiger partial charge in [-0.2, -0.15) is 0 Å². The van der Waals surface area contributed by atoms with Gasteiger partial charge < -0.3 is 0 Å². The van der Waals surface area contributed by atoms with Crippen LogP contribution in [0.1, 0.15) is 71.3 Å². The van der Waals surface area contributed by atoms with Crippen molar-refractivity contribution in [2.75, 3.05) is 6.54 Å². The van der Waals surface area contributed by atoms with E-state index in [0.29, 0.717) is 17.9 Å². The maximum absolute atomic E-state index is 8.87. The van der Waals surface area contributed by atoms with Gasteiger partial charge in [0.2, 0.25) is 0 Å². The van der Waals surface area contributed by atoms with Crippen LogP contribution in [0.3, 0.4) is 0 Å². The minimum Gasteiger partial charge on any atom is -0.264 e. The summed E-state index contributed by atoms with van der Waals surface area (Å²) in [6, 6.07) is 4.30. The molecule has 150 valence electrons. The summed E-state index contributed by atoms with van der Waals surface area (Å²) in [7, 11) is 0. The summed E-state index contributed by atoms with van der Waals surface area (Å²) in [5.74, 6) is 2.85. The number of nitrogens with zero attached hydrogens (tertiary/aromatic N) is 4. The van der Waals surface area contributed by atoms with Crippen molar-refractivity contribution >= 4 is 5.57 Å². The van der Waals surface area contributed by atoms with E-state index in [1.807, 2.05) is 12.4 Å². The Balaban J connectivity index is 1.62. The Morgan fingerprint density at radius 2 is 2.11 bits per heavy atom. The molecule has 1 aromatic rings. The maximum Gasteiger partial charge on any atom is 0.0343 e. The lowest BCUT2D eigenvalue weighted by Gasteiger charge is -2.59. The second-order valence-electron chi connectivity index (χ2n) is 9.87. The van der Waals surface area contributed by atoms with E-state index in [1.165, 1.54) is 56.1 Å². The second-order valence-corrected chi connectivity index (χ2v) is 9.87. The van der Waals surface area contributed by atoms with Gasteiger partial charge in [-0.15, -0.1) is 0 Å². The van der Waals surface area contributed by atoms with E-state index in [-0.39, 0.29) is 5.41 Å². The van der Waals surface area contributed by atoms with Crippen LogP contribution in [0.4, 0.5) is 0 Å². The Hall–Kier alpha value is -1.80. The van der Waals surface area contributed by atoms with Crippen molar-refractivity contribution in [1.82, 2.24) is 4.98 Å². The first kappa shape index (κ1) is 19.5. The number of pyridine rings is 1. The fourth-order valence-electron chi connectivity index (χ4n) is 7.44. The van der Waals surface area contributed by atoms with E-state index in [4.69, 9.17) is 5.53 Å². The Morgan fingerprint density at radius 3 is 2.82 bits per heavy atom. The first-order chi connectivity index (χ1) is 13.5. The fourth-order valence-corrected chi connectivity index (χ4v) is 7.44. The summed E-state index contributed by atoms with van der Waals surface area (Å²) in [6.45, 7) is 8.02. The molecule has 1 aromatic heterocycles. The predicted octanol–water partition coefficient (Wildman–Crippen LogP) is 7.04. The molecule has 4 heteroatoms. The van der Waals surface area contributed by atoms with Gasteiger partial charge in [-0.1, -0.05) is 44.4 Å². The highest BCUT2D eigenvalue weighted by Gasteiger charge is 2.57. The van der Waals surface area contributed by atoms with Crippen LogP contribution in [-0.4, -0.2) is 11.5 Å². The Morgan fingerprint density at radius 1 is 1.25 bits per heavy atom. The van der Waals surface area contributed by atoms with Crippen molar-refractivity contribution in [1.29, 1.82) is 0 Å². The molecule has 3 aliphatic rings. The van der Waals surface area contributed by atoms with Crippen molar-refractivity contribution in [2.24, 2.45) is 39.6 Å². The minimum atomic E-state index is 0.287. The van der Waals surface area contributed by atoms with E-state index in [2.05, 4.69) is 54.0 Å². The van der Waals surface area contributed by atoms with Gasteiger partial charge in [0.25, 0.3) is 0 Å². The van der Waals surface area contributed by atoms with Crippen molar-refractivity contribution in [3.63, 3.8) is 0 Å². The van der Waals surface area contributed by atoms with Crippen molar-refractivity contribution in [3.05, 3.63) is 46.6 Å². The minimum absolute atomic E-state index is 0.287. The molecule has 0 aromatic carbocycles.